The Balaban J connectivity index is 2.00. The molecule has 0 aliphatic carbocycles. The van der Waals surface area contributed by atoms with Crippen molar-refractivity contribution < 1.29 is 4.74 Å². The Morgan fingerprint density at radius 1 is 1.64 bits per heavy atom. The van der Waals surface area contributed by atoms with Crippen LogP contribution in [0.5, 0.6) is 0 Å². The van der Waals surface area contributed by atoms with Crippen LogP contribution in [-0.4, -0.2) is 29.7 Å². The Bertz CT molecular complexity index is 279. The summed E-state index contributed by atoms with van der Waals surface area (Å²) in [6.07, 6.45) is 5.10. The highest BCUT2D eigenvalue weighted by Crippen LogP contribution is 2.23. The molecule has 1 aliphatic rings. The fourth-order valence-corrected chi connectivity index (χ4v) is 1.84. The zero-order valence-corrected chi connectivity index (χ0v) is 8.33. The van der Waals surface area contributed by atoms with Crippen molar-refractivity contribution in [1.82, 2.24) is 9.97 Å². The van der Waals surface area contributed by atoms with Crippen LogP contribution in [-0.2, 0) is 11.2 Å². The van der Waals surface area contributed by atoms with Crippen LogP contribution >= 0.6 is 0 Å². The maximum Gasteiger partial charge on any atom is 0.107 e. The highest BCUT2D eigenvalue weighted by molar-refractivity contribution is 5.08. The van der Waals surface area contributed by atoms with Crippen molar-refractivity contribution in [3.05, 3.63) is 17.7 Å². The van der Waals surface area contributed by atoms with Crippen LogP contribution < -0.4 is 5.73 Å². The second kappa shape index (κ2) is 4.57. The van der Waals surface area contributed by atoms with Crippen LogP contribution in [0.4, 0.5) is 0 Å². The van der Waals surface area contributed by atoms with Gasteiger partial charge in [-0.2, -0.15) is 0 Å². The van der Waals surface area contributed by atoms with Crippen LogP contribution in [0.15, 0.2) is 6.20 Å². The summed E-state index contributed by atoms with van der Waals surface area (Å²) in [4.78, 5) is 7.60. The topological polar surface area (TPSA) is 63.9 Å². The quantitative estimate of drug-likeness (QED) is 0.750. The number of hydrogen-bond donors (Lipinski definition) is 2. The van der Waals surface area contributed by atoms with Crippen LogP contribution in [0.1, 0.15) is 30.3 Å². The minimum absolute atomic E-state index is 0.503. The molecule has 2 rings (SSSR count). The van der Waals surface area contributed by atoms with Crippen LogP contribution in [0.25, 0.3) is 0 Å². The molecule has 0 radical (unpaired) electrons. The predicted molar refractivity (Wildman–Crippen MR) is 54.1 cm³/mol. The van der Waals surface area contributed by atoms with Crippen molar-refractivity contribution in [2.24, 2.45) is 5.73 Å². The van der Waals surface area contributed by atoms with Gasteiger partial charge in [-0.05, 0) is 19.4 Å². The van der Waals surface area contributed by atoms with Gasteiger partial charge in [0.15, 0.2) is 0 Å². The van der Waals surface area contributed by atoms with Crippen molar-refractivity contribution in [2.45, 2.75) is 25.2 Å². The van der Waals surface area contributed by atoms with E-state index in [-0.39, 0.29) is 0 Å². The van der Waals surface area contributed by atoms with Gasteiger partial charge in [-0.15, -0.1) is 0 Å². The standard InChI is InChI=1S/C10H17N3O/c11-4-3-10-12-6-9(13-10)8-2-1-5-14-7-8/h6,8H,1-5,7,11H2,(H,12,13). The van der Waals surface area contributed by atoms with E-state index in [0.29, 0.717) is 12.5 Å². The second-order valence-electron chi connectivity index (χ2n) is 3.74. The largest absolute Gasteiger partial charge is 0.381 e. The Morgan fingerprint density at radius 3 is 3.29 bits per heavy atom. The average molecular weight is 195 g/mol. The van der Waals surface area contributed by atoms with E-state index in [1.165, 1.54) is 12.1 Å². The zero-order chi connectivity index (χ0) is 9.80. The number of H-pyrrole nitrogens is 1. The zero-order valence-electron chi connectivity index (χ0n) is 8.33. The Labute approximate surface area is 83.9 Å². The van der Waals surface area contributed by atoms with Crippen molar-refractivity contribution >= 4 is 0 Å². The molecule has 4 nitrogen and oxygen atoms in total. The lowest BCUT2D eigenvalue weighted by Gasteiger charge is -2.20. The van der Waals surface area contributed by atoms with E-state index < -0.39 is 0 Å². The Hall–Kier alpha value is -0.870. The summed E-state index contributed by atoms with van der Waals surface area (Å²) in [5.41, 5.74) is 6.67. The van der Waals surface area contributed by atoms with Crippen molar-refractivity contribution in [3.8, 4) is 0 Å². The molecule has 2 heterocycles. The van der Waals surface area contributed by atoms with Gasteiger partial charge in [0.1, 0.15) is 5.82 Å². The molecule has 1 fully saturated rings. The molecule has 4 heteroatoms. The van der Waals surface area contributed by atoms with Gasteiger partial charge in [0.05, 0.1) is 6.61 Å². The molecule has 0 aromatic carbocycles. The summed E-state index contributed by atoms with van der Waals surface area (Å²) < 4.78 is 5.43. The van der Waals surface area contributed by atoms with Crippen molar-refractivity contribution in [2.75, 3.05) is 19.8 Å². The highest BCUT2D eigenvalue weighted by atomic mass is 16.5. The minimum atomic E-state index is 0.503. The van der Waals surface area contributed by atoms with Gasteiger partial charge < -0.3 is 15.5 Å². The van der Waals surface area contributed by atoms with E-state index in [9.17, 15) is 0 Å². The third-order valence-electron chi connectivity index (χ3n) is 2.63. The van der Waals surface area contributed by atoms with Crippen LogP contribution in [0.3, 0.4) is 0 Å². The van der Waals surface area contributed by atoms with Gasteiger partial charge in [0.25, 0.3) is 0 Å². The first-order valence-electron chi connectivity index (χ1n) is 5.21. The number of imidazole rings is 1. The SMILES string of the molecule is NCCc1ncc(C2CCCOC2)[nH]1. The number of ether oxygens (including phenoxy) is 1. The lowest BCUT2D eigenvalue weighted by atomic mass is 9.99. The van der Waals surface area contributed by atoms with Gasteiger partial charge in [-0.1, -0.05) is 0 Å². The molecular weight excluding hydrogens is 178 g/mol. The van der Waals surface area contributed by atoms with E-state index in [2.05, 4.69) is 9.97 Å². The first-order chi connectivity index (χ1) is 6.90. The third kappa shape index (κ3) is 2.13. The van der Waals surface area contributed by atoms with E-state index in [1.807, 2.05) is 6.20 Å². The van der Waals surface area contributed by atoms with Crippen molar-refractivity contribution in [1.29, 1.82) is 0 Å². The number of nitrogens with two attached hydrogens (primary N) is 1. The third-order valence-corrected chi connectivity index (χ3v) is 2.63. The minimum Gasteiger partial charge on any atom is -0.381 e. The molecule has 0 saturated carbocycles. The second-order valence-corrected chi connectivity index (χ2v) is 3.74. The molecular formula is C10H17N3O. The molecule has 14 heavy (non-hydrogen) atoms. The maximum absolute atomic E-state index is 5.46. The molecule has 1 aromatic rings. The van der Waals surface area contributed by atoms with Gasteiger partial charge >= 0.3 is 0 Å². The predicted octanol–water partition coefficient (Wildman–Crippen LogP) is 0.805. The van der Waals surface area contributed by atoms with Gasteiger partial charge in [-0.3, -0.25) is 0 Å². The molecule has 78 valence electrons. The molecule has 0 spiro atoms. The smallest absolute Gasteiger partial charge is 0.107 e. The van der Waals surface area contributed by atoms with E-state index in [1.54, 1.807) is 0 Å². The first kappa shape index (κ1) is 9.68. The monoisotopic (exact) mass is 195 g/mol. The molecule has 1 aromatic heterocycles. The fourth-order valence-electron chi connectivity index (χ4n) is 1.84. The number of hydrogen-bond acceptors (Lipinski definition) is 3. The molecule has 0 amide bonds. The van der Waals surface area contributed by atoms with Gasteiger partial charge in [0, 0.05) is 30.8 Å². The Kier molecular flexibility index (Phi) is 3.16. The lowest BCUT2D eigenvalue weighted by molar-refractivity contribution is 0.0794. The molecule has 1 aliphatic heterocycles. The highest BCUT2D eigenvalue weighted by Gasteiger charge is 2.17. The molecule has 1 atom stereocenters. The Morgan fingerprint density at radius 2 is 2.57 bits per heavy atom. The number of nitrogens with zero attached hydrogens (tertiary/aromatic N) is 1. The average Bonchev–Trinajstić information content (AvgIpc) is 2.68. The maximum atomic E-state index is 5.46. The van der Waals surface area contributed by atoms with Gasteiger partial charge in [0.2, 0.25) is 0 Å². The summed E-state index contributed by atoms with van der Waals surface area (Å²) >= 11 is 0. The number of aromatic nitrogens is 2. The summed E-state index contributed by atoms with van der Waals surface area (Å²) in [6, 6.07) is 0. The van der Waals surface area contributed by atoms with E-state index in [4.69, 9.17) is 10.5 Å². The van der Waals surface area contributed by atoms with Crippen LogP contribution in [0, 0.1) is 0 Å². The molecule has 1 unspecified atom stereocenters. The normalized spacial score (nSPS) is 22.5. The lowest BCUT2D eigenvalue weighted by Crippen LogP contribution is -2.15. The summed E-state index contributed by atoms with van der Waals surface area (Å²) in [5, 5.41) is 0. The number of rotatable bonds is 3. The number of aromatic amines is 1. The molecule has 0 bridgehead atoms. The van der Waals surface area contributed by atoms with E-state index >= 15 is 0 Å². The van der Waals surface area contributed by atoms with Crippen molar-refractivity contribution in [3.63, 3.8) is 0 Å². The summed E-state index contributed by atoms with van der Waals surface area (Å²) in [7, 11) is 0. The molecule has 1 saturated heterocycles. The van der Waals surface area contributed by atoms with E-state index in [0.717, 1.165) is 31.9 Å². The first-order valence-corrected chi connectivity index (χ1v) is 5.21. The number of nitrogens with one attached hydrogen (secondary N) is 1. The molecule has 3 N–H and O–H groups in total. The van der Waals surface area contributed by atoms with Gasteiger partial charge in [-0.25, -0.2) is 4.98 Å². The summed E-state index contributed by atoms with van der Waals surface area (Å²) in [6.45, 7) is 2.37. The van der Waals surface area contributed by atoms with Crippen LogP contribution in [0.2, 0.25) is 0 Å². The fraction of sp³-hybridized carbons (Fsp3) is 0.700. The summed E-state index contributed by atoms with van der Waals surface area (Å²) in [5.74, 6) is 1.50.